The number of hydrogen-bond acceptors (Lipinski definition) is 3. The maximum Gasteiger partial charge on any atom is 0.140 e. The average molecular weight is 227 g/mol. The minimum Gasteiger partial charge on any atom is -0.409 e. The fraction of sp³-hybridized carbons (Fsp3) is 0.917. The molecule has 0 aromatic heterocycles. The number of oxime groups is 1. The lowest BCUT2D eigenvalue weighted by atomic mass is 9.80. The summed E-state index contributed by atoms with van der Waals surface area (Å²) in [7, 11) is 0. The lowest BCUT2D eigenvalue weighted by Gasteiger charge is -2.30. The van der Waals surface area contributed by atoms with Crippen molar-refractivity contribution in [2.75, 3.05) is 6.54 Å². The van der Waals surface area contributed by atoms with Gasteiger partial charge in [0.25, 0.3) is 0 Å². The van der Waals surface area contributed by atoms with Gasteiger partial charge in [0.2, 0.25) is 0 Å². The van der Waals surface area contributed by atoms with Crippen molar-refractivity contribution in [1.82, 2.24) is 5.32 Å². The van der Waals surface area contributed by atoms with Gasteiger partial charge in [-0.25, -0.2) is 0 Å². The molecule has 1 rings (SSSR count). The molecular formula is C12H25N3O. The Balaban J connectivity index is 2.22. The van der Waals surface area contributed by atoms with E-state index in [4.69, 9.17) is 10.9 Å². The second-order valence-corrected chi connectivity index (χ2v) is 5.13. The number of hydrogen-bond donors (Lipinski definition) is 3. The molecule has 4 heteroatoms. The maximum atomic E-state index is 8.48. The predicted octanol–water partition coefficient (Wildman–Crippen LogP) is 1.93. The van der Waals surface area contributed by atoms with Gasteiger partial charge < -0.3 is 16.3 Å². The van der Waals surface area contributed by atoms with E-state index in [1.807, 2.05) is 0 Å². The molecule has 1 aliphatic rings. The summed E-state index contributed by atoms with van der Waals surface area (Å²) in [4.78, 5) is 0. The van der Waals surface area contributed by atoms with Crippen LogP contribution in [0.15, 0.2) is 5.16 Å². The highest BCUT2D eigenvalue weighted by molar-refractivity contribution is 5.80. The van der Waals surface area contributed by atoms with Crippen LogP contribution in [-0.2, 0) is 0 Å². The highest BCUT2D eigenvalue weighted by Crippen LogP contribution is 2.28. The molecule has 4 N–H and O–H groups in total. The maximum absolute atomic E-state index is 8.48. The summed E-state index contributed by atoms with van der Waals surface area (Å²) in [6.07, 6.45) is 6.06. The molecule has 0 heterocycles. The van der Waals surface area contributed by atoms with Crippen LogP contribution in [0.1, 0.15) is 46.0 Å². The van der Waals surface area contributed by atoms with Crippen LogP contribution in [-0.4, -0.2) is 23.6 Å². The third-order valence-electron chi connectivity index (χ3n) is 3.66. The second-order valence-electron chi connectivity index (χ2n) is 5.13. The van der Waals surface area contributed by atoms with Crippen molar-refractivity contribution in [3.05, 3.63) is 0 Å². The number of nitrogens with zero attached hydrogens (tertiary/aromatic N) is 1. The minimum atomic E-state index is 0.282. The summed E-state index contributed by atoms with van der Waals surface area (Å²) in [5, 5.41) is 14.9. The van der Waals surface area contributed by atoms with E-state index in [9.17, 15) is 0 Å². The van der Waals surface area contributed by atoms with Crippen molar-refractivity contribution in [2.24, 2.45) is 22.7 Å². The van der Waals surface area contributed by atoms with E-state index in [1.165, 1.54) is 25.7 Å². The number of rotatable bonds is 5. The van der Waals surface area contributed by atoms with Gasteiger partial charge in [0.1, 0.15) is 5.84 Å². The van der Waals surface area contributed by atoms with E-state index < -0.39 is 0 Å². The predicted molar refractivity (Wildman–Crippen MR) is 66.6 cm³/mol. The Kier molecular flexibility index (Phi) is 5.60. The first-order valence-corrected chi connectivity index (χ1v) is 6.33. The van der Waals surface area contributed by atoms with E-state index in [1.54, 1.807) is 0 Å². The van der Waals surface area contributed by atoms with E-state index >= 15 is 0 Å². The number of nitrogens with one attached hydrogen (secondary N) is 1. The topological polar surface area (TPSA) is 70.6 Å². The molecule has 0 bridgehead atoms. The van der Waals surface area contributed by atoms with Crippen LogP contribution in [0.3, 0.4) is 0 Å². The lowest BCUT2D eigenvalue weighted by Crippen LogP contribution is -2.37. The lowest BCUT2D eigenvalue weighted by molar-refractivity contribution is 0.242. The summed E-state index contributed by atoms with van der Waals surface area (Å²) < 4.78 is 0. The smallest absolute Gasteiger partial charge is 0.140 e. The van der Waals surface area contributed by atoms with Gasteiger partial charge >= 0.3 is 0 Å². The van der Waals surface area contributed by atoms with Crippen LogP contribution in [0.5, 0.6) is 0 Å². The van der Waals surface area contributed by atoms with Crippen LogP contribution >= 0.6 is 0 Å². The SMILES string of the molecule is CC(CC(N)=NO)NCC1CCCCC1C. The Morgan fingerprint density at radius 1 is 1.50 bits per heavy atom. The molecule has 0 radical (unpaired) electrons. The highest BCUT2D eigenvalue weighted by atomic mass is 16.4. The third-order valence-corrected chi connectivity index (χ3v) is 3.66. The van der Waals surface area contributed by atoms with E-state index in [0.717, 1.165) is 18.4 Å². The Bertz CT molecular complexity index is 230. The minimum absolute atomic E-state index is 0.282. The molecule has 3 unspecified atom stereocenters. The second kappa shape index (κ2) is 6.74. The third kappa shape index (κ3) is 4.39. The van der Waals surface area contributed by atoms with Gasteiger partial charge in [-0.15, -0.1) is 0 Å². The molecule has 0 aromatic rings. The molecule has 3 atom stereocenters. The summed E-state index contributed by atoms with van der Waals surface area (Å²) in [6, 6.07) is 0.282. The van der Waals surface area contributed by atoms with Crippen molar-refractivity contribution in [3.8, 4) is 0 Å². The molecule has 1 aliphatic carbocycles. The van der Waals surface area contributed by atoms with Crippen molar-refractivity contribution in [3.63, 3.8) is 0 Å². The molecule has 1 saturated carbocycles. The van der Waals surface area contributed by atoms with Crippen molar-refractivity contribution >= 4 is 5.84 Å². The molecule has 16 heavy (non-hydrogen) atoms. The normalized spacial score (nSPS) is 29.0. The standard InChI is InChI=1S/C12H25N3O/c1-9-5-3-4-6-11(9)8-14-10(2)7-12(13)15-16/h9-11,14,16H,3-8H2,1-2H3,(H2,13,15). The fourth-order valence-corrected chi connectivity index (χ4v) is 2.48. The average Bonchev–Trinajstić information content (AvgIpc) is 2.28. The number of nitrogens with two attached hydrogens (primary N) is 1. The monoisotopic (exact) mass is 227 g/mol. The van der Waals surface area contributed by atoms with Gasteiger partial charge in [0, 0.05) is 12.5 Å². The van der Waals surface area contributed by atoms with Crippen LogP contribution in [0.2, 0.25) is 0 Å². The molecule has 0 aliphatic heterocycles. The van der Waals surface area contributed by atoms with Crippen LogP contribution in [0.4, 0.5) is 0 Å². The summed E-state index contributed by atoms with van der Waals surface area (Å²) in [5.74, 6) is 1.93. The van der Waals surface area contributed by atoms with Crippen molar-refractivity contribution < 1.29 is 5.21 Å². The zero-order chi connectivity index (χ0) is 12.0. The summed E-state index contributed by atoms with van der Waals surface area (Å²) >= 11 is 0. The largest absolute Gasteiger partial charge is 0.409 e. The van der Waals surface area contributed by atoms with Gasteiger partial charge in [-0.2, -0.15) is 0 Å². The van der Waals surface area contributed by atoms with E-state index in [0.29, 0.717) is 12.3 Å². The first kappa shape index (κ1) is 13.3. The van der Waals surface area contributed by atoms with Crippen molar-refractivity contribution in [2.45, 2.75) is 52.0 Å². The molecule has 0 saturated heterocycles. The van der Waals surface area contributed by atoms with Gasteiger partial charge in [-0.05, 0) is 31.7 Å². The molecule has 0 spiro atoms. The highest BCUT2D eigenvalue weighted by Gasteiger charge is 2.21. The summed E-state index contributed by atoms with van der Waals surface area (Å²) in [5.41, 5.74) is 5.47. The van der Waals surface area contributed by atoms with E-state index in [-0.39, 0.29) is 6.04 Å². The van der Waals surface area contributed by atoms with Crippen molar-refractivity contribution in [1.29, 1.82) is 0 Å². The van der Waals surface area contributed by atoms with E-state index in [2.05, 4.69) is 24.3 Å². The zero-order valence-corrected chi connectivity index (χ0v) is 10.4. The molecular weight excluding hydrogens is 202 g/mol. The van der Waals surface area contributed by atoms with Crippen LogP contribution in [0.25, 0.3) is 0 Å². The van der Waals surface area contributed by atoms with Crippen LogP contribution in [0, 0.1) is 11.8 Å². The zero-order valence-electron chi connectivity index (χ0n) is 10.4. The number of amidine groups is 1. The Hall–Kier alpha value is -0.770. The molecule has 0 amide bonds. The summed E-state index contributed by atoms with van der Waals surface area (Å²) in [6.45, 7) is 5.48. The molecule has 1 fully saturated rings. The first-order chi connectivity index (χ1) is 7.63. The fourth-order valence-electron chi connectivity index (χ4n) is 2.48. The van der Waals surface area contributed by atoms with Gasteiger partial charge in [-0.1, -0.05) is 31.3 Å². The van der Waals surface area contributed by atoms with Gasteiger partial charge in [0.05, 0.1) is 0 Å². The van der Waals surface area contributed by atoms with Gasteiger partial charge in [-0.3, -0.25) is 0 Å². The Labute approximate surface area is 98.3 Å². The Morgan fingerprint density at radius 2 is 2.19 bits per heavy atom. The molecule has 94 valence electrons. The molecule has 0 aromatic carbocycles. The first-order valence-electron chi connectivity index (χ1n) is 6.33. The van der Waals surface area contributed by atoms with Crippen LogP contribution < -0.4 is 11.1 Å². The quantitative estimate of drug-likeness (QED) is 0.291. The van der Waals surface area contributed by atoms with Gasteiger partial charge in [0.15, 0.2) is 0 Å². The molecule has 4 nitrogen and oxygen atoms in total. The Morgan fingerprint density at radius 3 is 2.81 bits per heavy atom.